The molecule has 0 saturated carbocycles. The molecule has 2 heterocycles. The molecular formula is C15H25N3O2. The van der Waals surface area contributed by atoms with Crippen LogP contribution in [0.3, 0.4) is 0 Å². The Labute approximate surface area is 121 Å². The predicted octanol–water partition coefficient (Wildman–Crippen LogP) is 2.29. The van der Waals surface area contributed by atoms with E-state index in [4.69, 9.17) is 4.74 Å². The fourth-order valence-corrected chi connectivity index (χ4v) is 2.03. The topological polar surface area (TPSA) is 64.1 Å². The molecule has 5 heteroatoms. The largest absolute Gasteiger partial charge is 0.460 e. The van der Waals surface area contributed by atoms with E-state index in [0.717, 1.165) is 18.9 Å². The molecule has 5 nitrogen and oxygen atoms in total. The Morgan fingerprint density at radius 3 is 2.20 bits per heavy atom. The quantitative estimate of drug-likeness (QED) is 0.799. The van der Waals surface area contributed by atoms with Gasteiger partial charge in [-0.05, 0) is 52.8 Å². The number of carbonyl (C=O) groups is 1. The van der Waals surface area contributed by atoms with Crippen LogP contribution in [0.5, 0.6) is 0 Å². The van der Waals surface area contributed by atoms with E-state index in [1.807, 2.05) is 39.2 Å². The van der Waals surface area contributed by atoms with Gasteiger partial charge in [-0.15, -0.1) is 0 Å². The van der Waals surface area contributed by atoms with Crippen molar-refractivity contribution in [3.63, 3.8) is 0 Å². The Morgan fingerprint density at radius 2 is 1.80 bits per heavy atom. The Morgan fingerprint density at radius 1 is 1.25 bits per heavy atom. The van der Waals surface area contributed by atoms with Crippen molar-refractivity contribution in [2.75, 3.05) is 13.1 Å². The van der Waals surface area contributed by atoms with Crippen LogP contribution in [0, 0.1) is 0 Å². The average molecular weight is 279 g/mol. The maximum absolute atomic E-state index is 10.2. The van der Waals surface area contributed by atoms with E-state index >= 15 is 0 Å². The summed E-state index contributed by atoms with van der Waals surface area (Å²) < 4.78 is 4.80. The molecule has 0 radical (unpaired) electrons. The molecule has 1 saturated heterocycles. The Hall–Kier alpha value is -1.49. The van der Waals surface area contributed by atoms with Crippen LogP contribution in [0.15, 0.2) is 18.5 Å². The maximum atomic E-state index is 10.2. The number of ether oxygens (including phenoxy) is 1. The van der Waals surface area contributed by atoms with E-state index in [2.05, 4.69) is 15.3 Å². The zero-order valence-electron chi connectivity index (χ0n) is 12.8. The summed E-state index contributed by atoms with van der Waals surface area (Å²) in [5.41, 5.74) is -0.328. The van der Waals surface area contributed by atoms with Crippen LogP contribution in [-0.2, 0) is 9.53 Å². The zero-order chi connectivity index (χ0) is 15.0. The van der Waals surface area contributed by atoms with Gasteiger partial charge in [0.15, 0.2) is 0 Å². The van der Waals surface area contributed by atoms with Crippen molar-refractivity contribution < 1.29 is 9.53 Å². The molecule has 1 aliphatic heterocycles. The fourth-order valence-electron chi connectivity index (χ4n) is 2.03. The van der Waals surface area contributed by atoms with Gasteiger partial charge in [-0.1, -0.05) is 0 Å². The number of hydrogen-bond donors (Lipinski definition) is 1. The van der Waals surface area contributed by atoms with E-state index in [9.17, 15) is 4.79 Å². The van der Waals surface area contributed by atoms with Crippen LogP contribution in [0.25, 0.3) is 0 Å². The summed E-state index contributed by atoms with van der Waals surface area (Å²) in [5, 5.41) is 3.33. The summed E-state index contributed by atoms with van der Waals surface area (Å²) in [5.74, 6) is 1.36. The minimum absolute atomic E-state index is 0.225. The molecule has 20 heavy (non-hydrogen) atoms. The summed E-state index contributed by atoms with van der Waals surface area (Å²) in [6.45, 7) is 9.13. The molecule has 0 bridgehead atoms. The zero-order valence-corrected chi connectivity index (χ0v) is 12.8. The molecule has 112 valence electrons. The van der Waals surface area contributed by atoms with Crippen molar-refractivity contribution in [3.8, 4) is 0 Å². The van der Waals surface area contributed by atoms with Crippen LogP contribution >= 0.6 is 0 Å². The van der Waals surface area contributed by atoms with Gasteiger partial charge in [0.05, 0.1) is 0 Å². The van der Waals surface area contributed by atoms with Crippen molar-refractivity contribution in [1.82, 2.24) is 15.3 Å². The molecule has 0 spiro atoms. The highest BCUT2D eigenvalue weighted by atomic mass is 16.6. The number of nitrogens with one attached hydrogen (secondary N) is 1. The van der Waals surface area contributed by atoms with Gasteiger partial charge in [0, 0.05) is 25.2 Å². The maximum Gasteiger partial charge on any atom is 0.303 e. The fraction of sp³-hybridized carbons (Fsp3) is 0.667. The molecule has 1 N–H and O–H groups in total. The lowest BCUT2D eigenvalue weighted by Crippen LogP contribution is -2.27. The van der Waals surface area contributed by atoms with Crippen molar-refractivity contribution in [3.05, 3.63) is 24.3 Å². The van der Waals surface area contributed by atoms with Crippen LogP contribution in [0.1, 0.15) is 52.3 Å². The van der Waals surface area contributed by atoms with Gasteiger partial charge in [0.1, 0.15) is 11.4 Å². The molecule has 1 aromatic rings. The molecule has 0 aromatic carbocycles. The lowest BCUT2D eigenvalue weighted by atomic mass is 9.97. The molecule has 0 amide bonds. The van der Waals surface area contributed by atoms with Gasteiger partial charge in [0.2, 0.25) is 0 Å². The number of rotatable bonds is 1. The van der Waals surface area contributed by atoms with E-state index in [1.54, 1.807) is 0 Å². The first-order valence-electron chi connectivity index (χ1n) is 7.05. The number of piperidine rings is 1. The summed E-state index contributed by atoms with van der Waals surface area (Å²) in [7, 11) is 0. The predicted molar refractivity (Wildman–Crippen MR) is 78.4 cm³/mol. The molecular weight excluding hydrogens is 254 g/mol. The lowest BCUT2D eigenvalue weighted by molar-refractivity contribution is -0.151. The number of nitrogens with zero attached hydrogens (tertiary/aromatic N) is 2. The molecule has 1 fully saturated rings. The lowest BCUT2D eigenvalue weighted by Gasteiger charge is -2.20. The first-order chi connectivity index (χ1) is 9.38. The van der Waals surface area contributed by atoms with Crippen molar-refractivity contribution >= 4 is 5.97 Å². The second-order valence-electron chi connectivity index (χ2n) is 5.84. The summed E-state index contributed by atoms with van der Waals surface area (Å²) in [6, 6.07) is 1.87. The van der Waals surface area contributed by atoms with Gasteiger partial charge < -0.3 is 10.1 Å². The molecule has 0 aliphatic carbocycles. The van der Waals surface area contributed by atoms with Crippen LogP contribution in [0.2, 0.25) is 0 Å². The molecule has 1 aromatic heterocycles. The third kappa shape index (κ3) is 7.19. The van der Waals surface area contributed by atoms with E-state index in [-0.39, 0.29) is 11.6 Å². The molecule has 0 atom stereocenters. The standard InChI is InChI=1S/C9H13N3.C6H12O2/c1-4-11-9(12-5-1)8-2-6-10-7-3-8;1-5(7)8-6(2,3)4/h1,4-5,8,10H,2-3,6-7H2;1-4H3. The van der Waals surface area contributed by atoms with Gasteiger partial charge >= 0.3 is 5.97 Å². The van der Waals surface area contributed by atoms with E-state index < -0.39 is 0 Å². The van der Waals surface area contributed by atoms with Gasteiger partial charge in [-0.3, -0.25) is 4.79 Å². The van der Waals surface area contributed by atoms with Gasteiger partial charge in [-0.2, -0.15) is 0 Å². The average Bonchev–Trinajstić information content (AvgIpc) is 2.39. The van der Waals surface area contributed by atoms with Crippen LogP contribution in [0.4, 0.5) is 0 Å². The minimum Gasteiger partial charge on any atom is -0.460 e. The molecule has 2 rings (SSSR count). The van der Waals surface area contributed by atoms with Crippen molar-refractivity contribution in [2.24, 2.45) is 0 Å². The van der Waals surface area contributed by atoms with Crippen molar-refractivity contribution in [1.29, 1.82) is 0 Å². The molecule has 1 aliphatic rings. The van der Waals surface area contributed by atoms with Crippen LogP contribution in [-0.4, -0.2) is 34.6 Å². The Kier molecular flexibility index (Phi) is 6.58. The minimum atomic E-state index is -0.328. The third-order valence-electron chi connectivity index (χ3n) is 2.74. The number of hydrogen-bond acceptors (Lipinski definition) is 5. The first-order valence-corrected chi connectivity index (χ1v) is 7.05. The van der Waals surface area contributed by atoms with E-state index in [1.165, 1.54) is 19.8 Å². The van der Waals surface area contributed by atoms with Gasteiger partial charge in [0.25, 0.3) is 0 Å². The van der Waals surface area contributed by atoms with Gasteiger partial charge in [-0.25, -0.2) is 9.97 Å². The summed E-state index contributed by atoms with van der Waals surface area (Å²) in [4.78, 5) is 18.8. The second kappa shape index (κ2) is 7.94. The number of esters is 1. The molecule has 0 unspecified atom stereocenters. The summed E-state index contributed by atoms with van der Waals surface area (Å²) >= 11 is 0. The first kappa shape index (κ1) is 16.6. The SMILES string of the molecule is CC(=O)OC(C)(C)C.c1cnc(C2CCNCC2)nc1. The van der Waals surface area contributed by atoms with Crippen molar-refractivity contribution in [2.45, 2.75) is 52.1 Å². The number of carbonyl (C=O) groups excluding carboxylic acids is 1. The highest BCUT2D eigenvalue weighted by Crippen LogP contribution is 2.20. The number of aromatic nitrogens is 2. The smallest absolute Gasteiger partial charge is 0.303 e. The highest BCUT2D eigenvalue weighted by Gasteiger charge is 2.16. The second-order valence-corrected chi connectivity index (χ2v) is 5.84. The normalized spacial score (nSPS) is 16.0. The third-order valence-corrected chi connectivity index (χ3v) is 2.74. The Bertz CT molecular complexity index is 395. The highest BCUT2D eigenvalue weighted by molar-refractivity contribution is 5.66. The summed E-state index contributed by atoms with van der Waals surface area (Å²) in [6.07, 6.45) is 5.99. The van der Waals surface area contributed by atoms with Crippen LogP contribution < -0.4 is 5.32 Å². The monoisotopic (exact) mass is 279 g/mol. The Balaban J connectivity index is 0.000000221. The van der Waals surface area contributed by atoms with E-state index in [0.29, 0.717) is 5.92 Å².